The zero-order valence-electron chi connectivity index (χ0n) is 12.2. The molecule has 0 spiro atoms. The SMILES string of the molecule is Cn1cc(S(=O)(=O)N2CCCC(CCN)C2)cc1C(N)=O. The number of sulfonamides is 1. The van der Waals surface area contributed by atoms with Crippen molar-refractivity contribution in [3.8, 4) is 0 Å². The van der Waals surface area contributed by atoms with Gasteiger partial charge < -0.3 is 16.0 Å². The number of nitrogens with two attached hydrogens (primary N) is 2. The lowest BCUT2D eigenvalue weighted by Crippen LogP contribution is -2.40. The number of carbonyl (C=O) groups excluding carboxylic acids is 1. The first-order valence-electron chi connectivity index (χ1n) is 7.02. The average Bonchev–Trinajstić information content (AvgIpc) is 2.82. The maximum atomic E-state index is 12.7. The van der Waals surface area contributed by atoms with Crippen LogP contribution < -0.4 is 11.5 Å². The first-order valence-corrected chi connectivity index (χ1v) is 8.46. The summed E-state index contributed by atoms with van der Waals surface area (Å²) in [6.07, 6.45) is 4.10. The molecule has 4 N–H and O–H groups in total. The van der Waals surface area contributed by atoms with Crippen LogP contribution in [0.3, 0.4) is 0 Å². The van der Waals surface area contributed by atoms with Crippen molar-refractivity contribution in [1.82, 2.24) is 8.87 Å². The Morgan fingerprint density at radius 3 is 2.76 bits per heavy atom. The van der Waals surface area contributed by atoms with Crippen molar-refractivity contribution in [2.45, 2.75) is 24.2 Å². The van der Waals surface area contributed by atoms with Crippen LogP contribution in [0, 0.1) is 5.92 Å². The Morgan fingerprint density at radius 2 is 2.19 bits per heavy atom. The molecule has 118 valence electrons. The quantitative estimate of drug-likeness (QED) is 0.788. The van der Waals surface area contributed by atoms with Crippen LogP contribution in [0.5, 0.6) is 0 Å². The number of piperidine rings is 1. The third kappa shape index (κ3) is 3.28. The van der Waals surface area contributed by atoms with E-state index in [1.165, 1.54) is 21.1 Å². The van der Waals surface area contributed by atoms with Gasteiger partial charge in [-0.3, -0.25) is 4.79 Å². The fraction of sp³-hybridized carbons (Fsp3) is 0.615. The number of aromatic nitrogens is 1. The Bertz CT molecular complexity index is 621. The Labute approximate surface area is 124 Å². The zero-order chi connectivity index (χ0) is 15.6. The summed E-state index contributed by atoms with van der Waals surface area (Å²) < 4.78 is 28.2. The molecule has 1 aromatic heterocycles. The molecule has 1 aliphatic rings. The topological polar surface area (TPSA) is 111 Å². The lowest BCUT2D eigenvalue weighted by atomic mass is 9.96. The standard InChI is InChI=1S/C13H22N4O3S/c1-16-9-11(7-12(16)13(15)18)21(19,20)17-6-2-3-10(8-17)4-5-14/h7,9-10H,2-6,8,14H2,1H3,(H2,15,18). The number of rotatable bonds is 5. The molecule has 1 amide bonds. The highest BCUT2D eigenvalue weighted by atomic mass is 32.2. The molecule has 7 nitrogen and oxygen atoms in total. The Kier molecular flexibility index (Phi) is 4.70. The van der Waals surface area contributed by atoms with E-state index in [4.69, 9.17) is 11.5 Å². The highest BCUT2D eigenvalue weighted by Gasteiger charge is 2.31. The molecular weight excluding hydrogens is 292 g/mol. The van der Waals surface area contributed by atoms with E-state index < -0.39 is 15.9 Å². The van der Waals surface area contributed by atoms with Crippen LogP contribution in [0.2, 0.25) is 0 Å². The van der Waals surface area contributed by atoms with Gasteiger partial charge in [-0.2, -0.15) is 4.31 Å². The highest BCUT2D eigenvalue weighted by Crippen LogP contribution is 2.26. The number of hydrogen-bond acceptors (Lipinski definition) is 4. The molecule has 1 unspecified atom stereocenters. The summed E-state index contributed by atoms with van der Waals surface area (Å²) in [4.78, 5) is 11.4. The minimum Gasteiger partial charge on any atom is -0.364 e. The molecule has 8 heteroatoms. The van der Waals surface area contributed by atoms with E-state index in [9.17, 15) is 13.2 Å². The normalized spacial score (nSPS) is 20.6. The Hall–Kier alpha value is -1.38. The predicted octanol–water partition coefficient (Wildman–Crippen LogP) is -0.126. The monoisotopic (exact) mass is 314 g/mol. The molecule has 0 aliphatic carbocycles. The van der Waals surface area contributed by atoms with Gasteiger partial charge in [0.1, 0.15) is 10.6 Å². The first kappa shape index (κ1) is 16.0. The molecule has 0 radical (unpaired) electrons. The number of primary amides is 1. The summed E-state index contributed by atoms with van der Waals surface area (Å²) in [5.41, 5.74) is 11.0. The second kappa shape index (κ2) is 6.17. The van der Waals surface area contributed by atoms with Crippen LogP contribution in [-0.4, -0.2) is 42.8 Å². The summed E-state index contributed by atoms with van der Waals surface area (Å²) in [5.74, 6) is -0.337. The van der Waals surface area contributed by atoms with Crippen molar-refractivity contribution >= 4 is 15.9 Å². The fourth-order valence-corrected chi connectivity index (χ4v) is 4.41. The minimum absolute atomic E-state index is 0.118. The van der Waals surface area contributed by atoms with Gasteiger partial charge in [-0.25, -0.2) is 8.42 Å². The van der Waals surface area contributed by atoms with Crippen LogP contribution in [0.25, 0.3) is 0 Å². The van der Waals surface area contributed by atoms with Crippen molar-refractivity contribution in [2.75, 3.05) is 19.6 Å². The first-order chi connectivity index (χ1) is 9.86. The maximum absolute atomic E-state index is 12.7. The molecule has 1 saturated heterocycles. The Balaban J connectivity index is 2.25. The van der Waals surface area contributed by atoms with Crippen molar-refractivity contribution in [3.63, 3.8) is 0 Å². The lowest BCUT2D eigenvalue weighted by molar-refractivity contribution is 0.0992. The van der Waals surface area contributed by atoms with E-state index in [0.29, 0.717) is 25.6 Å². The summed E-state index contributed by atoms with van der Waals surface area (Å²) in [7, 11) is -1.98. The van der Waals surface area contributed by atoms with Crippen molar-refractivity contribution in [2.24, 2.45) is 24.4 Å². The summed E-state index contributed by atoms with van der Waals surface area (Å²) in [6, 6.07) is 1.34. The molecule has 2 rings (SSSR count). The molecule has 1 atom stereocenters. The third-order valence-electron chi connectivity index (χ3n) is 3.93. The molecule has 21 heavy (non-hydrogen) atoms. The van der Waals surface area contributed by atoms with Gasteiger partial charge in [-0.05, 0) is 37.8 Å². The van der Waals surface area contributed by atoms with Crippen LogP contribution in [0.4, 0.5) is 0 Å². The molecule has 1 fully saturated rings. The van der Waals surface area contributed by atoms with Gasteiger partial charge in [0, 0.05) is 26.3 Å². The zero-order valence-corrected chi connectivity index (χ0v) is 13.0. The highest BCUT2D eigenvalue weighted by molar-refractivity contribution is 7.89. The van der Waals surface area contributed by atoms with Crippen molar-refractivity contribution in [1.29, 1.82) is 0 Å². The van der Waals surface area contributed by atoms with Crippen molar-refractivity contribution in [3.05, 3.63) is 18.0 Å². The number of carbonyl (C=O) groups is 1. The summed E-state index contributed by atoms with van der Waals surface area (Å²) in [5, 5.41) is 0. The molecule has 0 aromatic carbocycles. The smallest absolute Gasteiger partial charge is 0.265 e. The fourth-order valence-electron chi connectivity index (χ4n) is 2.79. The molecule has 2 heterocycles. The van der Waals surface area contributed by atoms with Crippen LogP contribution in [0.1, 0.15) is 29.8 Å². The second-order valence-corrected chi connectivity index (χ2v) is 7.42. The van der Waals surface area contributed by atoms with Gasteiger partial charge in [0.05, 0.1) is 0 Å². The molecule has 0 bridgehead atoms. The average molecular weight is 314 g/mol. The number of hydrogen-bond donors (Lipinski definition) is 2. The molecule has 1 aromatic rings. The van der Waals surface area contributed by atoms with Gasteiger partial charge in [-0.15, -0.1) is 0 Å². The number of amides is 1. The molecule has 0 saturated carbocycles. The summed E-state index contributed by atoms with van der Waals surface area (Å²) in [6.45, 7) is 1.56. The van der Waals surface area contributed by atoms with E-state index >= 15 is 0 Å². The van der Waals surface area contributed by atoms with E-state index in [1.807, 2.05) is 0 Å². The summed E-state index contributed by atoms with van der Waals surface area (Å²) >= 11 is 0. The molecule has 1 aliphatic heterocycles. The van der Waals surface area contributed by atoms with Gasteiger partial charge in [0.25, 0.3) is 5.91 Å². The van der Waals surface area contributed by atoms with Crippen molar-refractivity contribution < 1.29 is 13.2 Å². The van der Waals surface area contributed by atoms with E-state index in [-0.39, 0.29) is 10.6 Å². The van der Waals surface area contributed by atoms with E-state index in [1.54, 1.807) is 7.05 Å². The minimum atomic E-state index is -3.58. The second-order valence-electron chi connectivity index (χ2n) is 5.48. The lowest BCUT2D eigenvalue weighted by Gasteiger charge is -2.31. The number of aryl methyl sites for hydroxylation is 1. The number of nitrogens with zero attached hydrogens (tertiary/aromatic N) is 2. The maximum Gasteiger partial charge on any atom is 0.265 e. The molecular formula is C13H22N4O3S. The van der Waals surface area contributed by atoms with Gasteiger partial charge in [0.2, 0.25) is 10.0 Å². The van der Waals surface area contributed by atoms with Gasteiger partial charge in [0.15, 0.2) is 0 Å². The van der Waals surface area contributed by atoms with E-state index in [0.717, 1.165) is 19.3 Å². The van der Waals surface area contributed by atoms with Gasteiger partial charge in [-0.1, -0.05) is 0 Å². The predicted molar refractivity (Wildman–Crippen MR) is 79.1 cm³/mol. The van der Waals surface area contributed by atoms with E-state index in [2.05, 4.69) is 0 Å². The van der Waals surface area contributed by atoms with Crippen LogP contribution in [-0.2, 0) is 17.1 Å². The van der Waals surface area contributed by atoms with Crippen LogP contribution in [0.15, 0.2) is 17.2 Å². The van der Waals surface area contributed by atoms with Gasteiger partial charge >= 0.3 is 0 Å². The van der Waals surface area contributed by atoms with Crippen LogP contribution >= 0.6 is 0 Å². The largest absolute Gasteiger partial charge is 0.364 e. The third-order valence-corrected chi connectivity index (χ3v) is 5.76. The Morgan fingerprint density at radius 1 is 1.48 bits per heavy atom.